The van der Waals surface area contributed by atoms with Gasteiger partial charge in [-0.1, -0.05) is 19.8 Å². The number of carbonyl (C=O) groups is 6. The molecule has 5 aliphatic rings. The van der Waals surface area contributed by atoms with Crippen LogP contribution in [0.3, 0.4) is 0 Å². The summed E-state index contributed by atoms with van der Waals surface area (Å²) in [7, 11) is 0. The number of unbranched alkanes of at least 4 members (excludes halogenated alkanes) is 3. The van der Waals surface area contributed by atoms with Gasteiger partial charge >= 0.3 is 5.97 Å². The largest absolute Gasteiger partial charge is 0.394 e. The fraction of sp³-hybridized carbons (Fsp3) is 0.878. The molecule has 472 valence electrons. The number of hydrogen-bond acceptors (Lipinski definition) is 29. The number of rotatable bonds is 33. The van der Waals surface area contributed by atoms with E-state index in [0.717, 1.165) is 0 Å². The molecule has 82 heavy (non-hydrogen) atoms. The molecule has 5 fully saturated rings. The van der Waals surface area contributed by atoms with Crippen LogP contribution in [0.15, 0.2) is 0 Å². The van der Waals surface area contributed by atoms with Gasteiger partial charge in [-0.15, -0.1) is 5.06 Å². The van der Waals surface area contributed by atoms with Gasteiger partial charge in [0.2, 0.25) is 17.7 Å². The molecule has 0 aliphatic carbocycles. The molecule has 0 aromatic heterocycles. The van der Waals surface area contributed by atoms with Crippen molar-refractivity contribution in [2.45, 2.75) is 213 Å². The van der Waals surface area contributed by atoms with Crippen molar-refractivity contribution in [3.05, 3.63) is 0 Å². The van der Waals surface area contributed by atoms with Crippen LogP contribution in [0.1, 0.15) is 84.5 Å². The molecule has 0 bridgehead atoms. The van der Waals surface area contributed by atoms with Gasteiger partial charge in [-0.3, -0.25) is 29.3 Å². The van der Waals surface area contributed by atoms with Crippen molar-refractivity contribution in [3.8, 4) is 0 Å². The predicted molar refractivity (Wildman–Crippen MR) is 267 cm³/mol. The lowest BCUT2D eigenvalue weighted by Gasteiger charge is -2.47. The number of hydroxylamine groups is 2. The van der Waals surface area contributed by atoms with Crippen LogP contribution in [0.5, 0.6) is 0 Å². The van der Waals surface area contributed by atoms with Gasteiger partial charge in [0.15, 0.2) is 25.2 Å². The number of nitrogens with one attached hydrogen (secondary N) is 4. The summed E-state index contributed by atoms with van der Waals surface area (Å²) in [6.45, 7) is 0.629. The third-order valence-corrected chi connectivity index (χ3v) is 14.1. The normalized spacial score (nSPS) is 35.5. The summed E-state index contributed by atoms with van der Waals surface area (Å²) in [6.07, 6.45) is -30.9. The summed E-state index contributed by atoms with van der Waals surface area (Å²) in [5, 5.41) is 137. The van der Waals surface area contributed by atoms with Crippen molar-refractivity contribution >= 4 is 35.5 Å². The summed E-state index contributed by atoms with van der Waals surface area (Å²) in [5.74, 6) is -3.73. The monoisotopic (exact) mass is 1190 g/mol. The second-order valence-corrected chi connectivity index (χ2v) is 20.3. The van der Waals surface area contributed by atoms with Crippen LogP contribution in [0.4, 0.5) is 0 Å². The van der Waals surface area contributed by atoms with Gasteiger partial charge in [0.25, 0.3) is 11.8 Å². The molecule has 5 saturated heterocycles. The van der Waals surface area contributed by atoms with Gasteiger partial charge in [-0.25, -0.2) is 4.79 Å². The summed E-state index contributed by atoms with van der Waals surface area (Å²) in [5.41, 5.74) is 0. The second kappa shape index (κ2) is 34.3. The molecular formula is C49H83N5O28. The average molecular weight is 1190 g/mol. The van der Waals surface area contributed by atoms with Crippen molar-refractivity contribution < 1.29 is 138 Å². The molecule has 16 N–H and O–H groups in total. The van der Waals surface area contributed by atoms with E-state index in [1.54, 1.807) is 6.92 Å². The van der Waals surface area contributed by atoms with E-state index >= 15 is 0 Å². The molecule has 5 aliphatic heterocycles. The van der Waals surface area contributed by atoms with Crippen LogP contribution >= 0.6 is 0 Å². The zero-order chi connectivity index (χ0) is 60.2. The molecule has 0 saturated carbocycles. The Kier molecular flexibility index (Phi) is 28.8. The minimum Gasteiger partial charge on any atom is -0.394 e. The first-order valence-corrected chi connectivity index (χ1v) is 27.5. The summed E-state index contributed by atoms with van der Waals surface area (Å²) >= 11 is 0. The molecule has 0 radical (unpaired) electrons. The van der Waals surface area contributed by atoms with Crippen LogP contribution in [-0.4, -0.2) is 290 Å². The maximum atomic E-state index is 13.7. The van der Waals surface area contributed by atoms with Crippen LogP contribution in [0.2, 0.25) is 0 Å². The Morgan fingerprint density at radius 3 is 1.78 bits per heavy atom. The standard InChI is InChI=1S/C49H83N5O28/c1-3-50-22-76-43-26(20-56)79-49(41(70)38(43)67)81-44-35(64)27(21-75-47-40(69)37(66)34(63)25(19-55)78-47)80-48(42(44)71)74-18-16-52-45(72)24(9-5-4-6-12-32(61)82-54-30(59)13-14-31(54)60)53-29(58)11-8-7-10-28(57)51-15-17-73-46-39(68)36(65)33(62)23(2)77-46/h23-27,33-44,46-50,55-56,62-71H,3-22H2,1-2H3,(H,51,57)(H,52,72)(H,53,58)/t23-,24-,25+,26+,27+,33+,34+,35+,36+,37-,38+,39-,40-,41-,42-,43+,44-,46+,47-,48-,49+/m0/s1. The van der Waals surface area contributed by atoms with Gasteiger partial charge in [-0.2, -0.15) is 0 Å². The van der Waals surface area contributed by atoms with E-state index < -0.39 is 185 Å². The summed E-state index contributed by atoms with van der Waals surface area (Å²) in [4.78, 5) is 80.4. The Bertz CT molecular complexity index is 1980. The Labute approximate surface area is 471 Å². The van der Waals surface area contributed by atoms with Gasteiger partial charge in [0, 0.05) is 45.2 Å². The van der Waals surface area contributed by atoms with Crippen molar-refractivity contribution in [1.29, 1.82) is 0 Å². The molecule has 0 aromatic carbocycles. The molecule has 21 atom stereocenters. The lowest BCUT2D eigenvalue weighted by molar-refractivity contribution is -0.367. The number of hydrogen-bond donors (Lipinski definition) is 16. The third kappa shape index (κ3) is 19.6. The van der Waals surface area contributed by atoms with Crippen molar-refractivity contribution in [1.82, 2.24) is 26.3 Å². The van der Waals surface area contributed by atoms with Gasteiger partial charge < -0.3 is 125 Å². The molecule has 5 rings (SSSR count). The minimum absolute atomic E-state index is 0.0121. The van der Waals surface area contributed by atoms with E-state index in [4.69, 9.17) is 47.5 Å². The number of nitrogens with zero attached hydrogens (tertiary/aromatic N) is 1. The van der Waals surface area contributed by atoms with Crippen molar-refractivity contribution in [2.75, 3.05) is 59.4 Å². The molecule has 0 unspecified atom stereocenters. The van der Waals surface area contributed by atoms with E-state index in [1.165, 1.54) is 6.92 Å². The third-order valence-electron chi connectivity index (χ3n) is 14.1. The van der Waals surface area contributed by atoms with Crippen LogP contribution in [-0.2, 0) is 76.2 Å². The second-order valence-electron chi connectivity index (χ2n) is 20.3. The van der Waals surface area contributed by atoms with E-state index in [1.807, 2.05) is 0 Å². The molecular weight excluding hydrogens is 1110 g/mol. The van der Waals surface area contributed by atoms with E-state index in [-0.39, 0.29) is 96.5 Å². The molecule has 33 nitrogen and oxygen atoms in total. The Morgan fingerprint density at radius 1 is 0.573 bits per heavy atom. The predicted octanol–water partition coefficient (Wildman–Crippen LogP) is -8.28. The van der Waals surface area contributed by atoms with E-state index in [0.29, 0.717) is 18.0 Å². The zero-order valence-corrected chi connectivity index (χ0v) is 45.6. The number of ether oxygens (including phenoxy) is 9. The van der Waals surface area contributed by atoms with E-state index in [2.05, 4.69) is 21.3 Å². The molecule has 5 amide bonds. The van der Waals surface area contributed by atoms with Gasteiger partial charge in [0.05, 0.1) is 45.9 Å². The average Bonchev–Trinajstić information content (AvgIpc) is 3.77. The Morgan fingerprint density at radius 2 is 1.13 bits per heavy atom. The smallest absolute Gasteiger partial charge is 0.333 e. The first-order chi connectivity index (χ1) is 39.1. The lowest BCUT2D eigenvalue weighted by Crippen LogP contribution is -2.65. The topological polar surface area (TPSA) is 489 Å². The molecule has 0 spiro atoms. The number of aliphatic hydroxyl groups is 12. The van der Waals surface area contributed by atoms with Gasteiger partial charge in [0.1, 0.15) is 97.6 Å². The quantitative estimate of drug-likeness (QED) is 0.0165. The number of aliphatic hydroxyl groups excluding tert-OH is 12. The van der Waals surface area contributed by atoms with Crippen LogP contribution < -0.4 is 21.3 Å². The highest BCUT2D eigenvalue weighted by molar-refractivity contribution is 6.01. The highest BCUT2D eigenvalue weighted by atomic mass is 16.8. The molecule has 0 aromatic rings. The minimum atomic E-state index is -1.94. The fourth-order valence-electron chi connectivity index (χ4n) is 9.30. The van der Waals surface area contributed by atoms with Crippen LogP contribution in [0.25, 0.3) is 0 Å². The number of amides is 5. The molecule has 33 heteroatoms. The summed E-state index contributed by atoms with van der Waals surface area (Å²) in [6, 6.07) is -1.16. The first kappa shape index (κ1) is 68.9. The number of imide groups is 1. The van der Waals surface area contributed by atoms with Gasteiger partial charge in [-0.05, 0) is 39.2 Å². The van der Waals surface area contributed by atoms with Crippen LogP contribution in [0, 0.1) is 0 Å². The Balaban J connectivity index is 1.17. The maximum Gasteiger partial charge on any atom is 0.333 e. The highest BCUT2D eigenvalue weighted by Gasteiger charge is 2.53. The Hall–Kier alpha value is -3.86. The molecule has 5 heterocycles. The lowest BCUT2D eigenvalue weighted by atomic mass is 9.96. The first-order valence-electron chi connectivity index (χ1n) is 27.5. The van der Waals surface area contributed by atoms with E-state index in [9.17, 15) is 90.0 Å². The SMILES string of the molecule is CCNCO[C@H]1[C@H](O)[C@H](O)[C@@H](O[C@@H]2[C@H](O)[C@@H](OCCNC(=O)[C@H](CCCCCC(=O)ON3C(=O)CCC3=O)NC(=O)CCCCC(=O)NCCO[C@@H]3O[C@@H](C)[C@@H](O)[C@@H](O)[C@@H]3O)O[C@H](CO[C@H]3O[C@H](CO)[C@@H](O)[C@H](O)[C@@H]3O)[C@H]2O)O[C@@H]1CO. The maximum absolute atomic E-state index is 13.7. The fourth-order valence-corrected chi connectivity index (χ4v) is 9.30. The highest BCUT2D eigenvalue weighted by Crippen LogP contribution is 2.32. The zero-order valence-electron chi connectivity index (χ0n) is 45.6. The van der Waals surface area contributed by atoms with Crippen molar-refractivity contribution in [3.63, 3.8) is 0 Å². The summed E-state index contributed by atoms with van der Waals surface area (Å²) < 4.78 is 50.6. The number of carbonyl (C=O) groups excluding carboxylic acids is 6. The van der Waals surface area contributed by atoms with Crippen molar-refractivity contribution in [2.24, 2.45) is 0 Å².